The molecule has 0 aliphatic heterocycles. The first-order chi connectivity index (χ1) is 15.5. The molecule has 0 aliphatic carbocycles. The van der Waals surface area contributed by atoms with Crippen LogP contribution in [0.3, 0.4) is 0 Å². The number of carbonyl (C=O) groups excluding carboxylic acids is 1. The predicted octanol–water partition coefficient (Wildman–Crippen LogP) is 4.11. The van der Waals surface area contributed by atoms with Gasteiger partial charge < -0.3 is 9.72 Å². The van der Waals surface area contributed by atoms with Crippen molar-refractivity contribution in [2.75, 3.05) is 11.9 Å². The predicted molar refractivity (Wildman–Crippen MR) is 124 cm³/mol. The molecule has 0 spiro atoms. The number of rotatable bonds is 6. The summed E-state index contributed by atoms with van der Waals surface area (Å²) in [4.78, 5) is 35.5. The van der Waals surface area contributed by atoms with Crippen LogP contribution < -0.4 is 15.6 Å². The fraction of sp³-hybridized carbons (Fsp3) is 0.0455. The van der Waals surface area contributed by atoms with E-state index < -0.39 is 5.56 Å². The minimum absolute atomic E-state index is 0.114. The molecule has 0 radical (unpaired) electrons. The Bertz CT molecular complexity index is 1420. The molecule has 2 aromatic heterocycles. The second-order valence-corrected chi connectivity index (χ2v) is 7.79. The molecule has 4 aromatic rings. The van der Waals surface area contributed by atoms with E-state index in [1.165, 1.54) is 23.5 Å². The van der Waals surface area contributed by atoms with Gasteiger partial charge in [-0.15, -0.1) is 11.3 Å². The van der Waals surface area contributed by atoms with Crippen molar-refractivity contribution in [2.45, 2.75) is 0 Å². The van der Waals surface area contributed by atoms with E-state index in [2.05, 4.69) is 26.3 Å². The number of fused-ring (bicyclic) bond motifs is 1. The monoisotopic (exact) mass is 463 g/mol. The van der Waals surface area contributed by atoms with Gasteiger partial charge in [0.05, 0.1) is 16.5 Å². The average molecular weight is 464 g/mol. The number of hydrogen-bond donors (Lipinski definition) is 2. The molecule has 1 amide bonds. The van der Waals surface area contributed by atoms with Gasteiger partial charge in [0.15, 0.2) is 17.6 Å². The number of nitrogens with zero attached hydrogens (tertiary/aromatic N) is 3. The Morgan fingerprint density at radius 1 is 1.31 bits per heavy atom. The third kappa shape index (κ3) is 4.83. The highest BCUT2D eigenvalue weighted by Gasteiger charge is 2.12. The van der Waals surface area contributed by atoms with E-state index in [1.54, 1.807) is 48.0 Å². The van der Waals surface area contributed by atoms with E-state index in [-0.39, 0.29) is 23.9 Å². The van der Waals surface area contributed by atoms with E-state index in [1.807, 2.05) is 0 Å². The van der Waals surface area contributed by atoms with Crippen LogP contribution in [0.1, 0.15) is 11.4 Å². The van der Waals surface area contributed by atoms with Gasteiger partial charge in [0, 0.05) is 22.2 Å². The molecular formula is C22H14ClN5O3S. The molecular weight excluding hydrogens is 450 g/mol. The number of halogens is 1. The van der Waals surface area contributed by atoms with Crippen molar-refractivity contribution in [3.05, 3.63) is 80.8 Å². The summed E-state index contributed by atoms with van der Waals surface area (Å²) in [7, 11) is 0. The highest BCUT2D eigenvalue weighted by molar-refractivity contribution is 7.13. The number of aromatic nitrogens is 3. The van der Waals surface area contributed by atoms with Crippen LogP contribution in [-0.2, 0) is 4.79 Å². The summed E-state index contributed by atoms with van der Waals surface area (Å²) in [6, 6.07) is 13.7. The minimum Gasteiger partial charge on any atom is -0.483 e. The Hall–Kier alpha value is -4.00. The zero-order valence-corrected chi connectivity index (χ0v) is 17.9. The minimum atomic E-state index is -0.406. The topological polar surface area (TPSA) is 121 Å². The van der Waals surface area contributed by atoms with Gasteiger partial charge in [-0.1, -0.05) is 29.8 Å². The second-order valence-electron chi connectivity index (χ2n) is 6.46. The Morgan fingerprint density at radius 3 is 2.94 bits per heavy atom. The molecule has 0 bridgehead atoms. The number of H-pyrrole nitrogens is 1. The van der Waals surface area contributed by atoms with Crippen molar-refractivity contribution in [3.63, 3.8) is 0 Å². The van der Waals surface area contributed by atoms with Gasteiger partial charge in [0.1, 0.15) is 11.8 Å². The Kier molecular flexibility index (Phi) is 6.26. The molecule has 10 heteroatoms. The highest BCUT2D eigenvalue weighted by Crippen LogP contribution is 2.24. The molecule has 2 N–H and O–H groups in total. The number of ether oxygens (including phenoxy) is 1. The summed E-state index contributed by atoms with van der Waals surface area (Å²) in [6.07, 6.45) is 3.12. The number of anilines is 1. The van der Waals surface area contributed by atoms with Gasteiger partial charge in [0.25, 0.3) is 11.5 Å². The zero-order valence-electron chi connectivity index (χ0n) is 16.3. The van der Waals surface area contributed by atoms with Gasteiger partial charge >= 0.3 is 0 Å². The first-order valence-corrected chi connectivity index (χ1v) is 10.5. The van der Waals surface area contributed by atoms with E-state index in [0.717, 1.165) is 0 Å². The number of nitriles is 1. The maximum atomic E-state index is 12.4. The largest absolute Gasteiger partial charge is 0.483 e. The molecule has 0 saturated carbocycles. The van der Waals surface area contributed by atoms with Crippen LogP contribution in [0.2, 0.25) is 5.02 Å². The van der Waals surface area contributed by atoms with E-state index in [4.69, 9.17) is 16.3 Å². The van der Waals surface area contributed by atoms with Crippen LogP contribution in [0, 0.1) is 11.3 Å². The van der Waals surface area contributed by atoms with E-state index >= 15 is 0 Å². The average Bonchev–Trinajstić information content (AvgIpc) is 3.30. The van der Waals surface area contributed by atoms with Gasteiger partial charge in [-0.25, -0.2) is 9.97 Å². The number of nitrogens with one attached hydrogen (secondary N) is 2. The quantitative estimate of drug-likeness (QED) is 0.415. The Labute approximate surface area is 190 Å². The summed E-state index contributed by atoms with van der Waals surface area (Å²) in [5, 5.41) is 15.3. The van der Waals surface area contributed by atoms with Crippen LogP contribution in [-0.4, -0.2) is 27.5 Å². The zero-order chi connectivity index (χ0) is 22.5. The fourth-order valence-corrected chi connectivity index (χ4v) is 3.58. The van der Waals surface area contributed by atoms with Crippen molar-refractivity contribution in [2.24, 2.45) is 0 Å². The lowest BCUT2D eigenvalue weighted by molar-refractivity contribution is -0.118. The molecule has 0 aliphatic rings. The number of para-hydroxylation sites is 1. The molecule has 32 heavy (non-hydrogen) atoms. The summed E-state index contributed by atoms with van der Waals surface area (Å²) in [6.45, 7) is -0.238. The van der Waals surface area contributed by atoms with Crippen molar-refractivity contribution < 1.29 is 9.53 Å². The van der Waals surface area contributed by atoms with Crippen LogP contribution in [0.25, 0.3) is 22.6 Å². The second kappa shape index (κ2) is 9.43. The van der Waals surface area contributed by atoms with Gasteiger partial charge in [-0.05, 0) is 30.3 Å². The lowest BCUT2D eigenvalue weighted by Gasteiger charge is -2.09. The van der Waals surface area contributed by atoms with Crippen LogP contribution in [0.4, 0.5) is 5.13 Å². The Balaban J connectivity index is 1.61. The SMILES string of the molecule is N#CC(=Cc1ccccc1OCC(=O)Nc1nccs1)c1nc2ccc(Cl)cc2c(=O)[nH]1. The van der Waals surface area contributed by atoms with Gasteiger partial charge in [-0.2, -0.15) is 5.26 Å². The van der Waals surface area contributed by atoms with Gasteiger partial charge in [0.2, 0.25) is 0 Å². The van der Waals surface area contributed by atoms with Crippen LogP contribution >= 0.6 is 22.9 Å². The normalized spacial score (nSPS) is 11.2. The van der Waals surface area contributed by atoms with Gasteiger partial charge in [-0.3, -0.25) is 14.9 Å². The molecule has 2 heterocycles. The van der Waals surface area contributed by atoms with E-state index in [0.29, 0.717) is 32.4 Å². The summed E-state index contributed by atoms with van der Waals surface area (Å²) >= 11 is 7.25. The number of allylic oxidation sites excluding steroid dienone is 1. The molecule has 4 rings (SSSR count). The first kappa shape index (κ1) is 21.2. The fourth-order valence-electron chi connectivity index (χ4n) is 2.86. The summed E-state index contributed by atoms with van der Waals surface area (Å²) in [5.41, 5.74) is 0.682. The smallest absolute Gasteiger partial charge is 0.264 e. The number of carbonyl (C=O) groups is 1. The Morgan fingerprint density at radius 2 is 2.16 bits per heavy atom. The van der Waals surface area contributed by atoms with E-state index in [9.17, 15) is 14.9 Å². The molecule has 158 valence electrons. The standard InChI is InChI=1S/C22H14ClN5O3S/c23-15-5-6-17-16(10-15)21(30)28-20(26-17)14(11-24)9-13-3-1-2-4-18(13)31-12-19(29)27-22-25-7-8-32-22/h1-10H,12H2,(H,25,27,29)(H,26,28,30). The summed E-state index contributed by atoms with van der Waals surface area (Å²) in [5.74, 6) is 0.145. The molecule has 0 unspecified atom stereocenters. The number of thiazole rings is 1. The maximum Gasteiger partial charge on any atom is 0.264 e. The lowest BCUT2D eigenvalue weighted by atomic mass is 10.1. The van der Waals surface area contributed by atoms with Crippen molar-refractivity contribution in [1.82, 2.24) is 15.0 Å². The molecule has 0 saturated heterocycles. The third-order valence-electron chi connectivity index (χ3n) is 4.30. The van der Waals surface area contributed by atoms with Crippen LogP contribution in [0.15, 0.2) is 58.8 Å². The molecule has 8 nitrogen and oxygen atoms in total. The first-order valence-electron chi connectivity index (χ1n) is 9.26. The van der Waals surface area contributed by atoms with Crippen molar-refractivity contribution in [1.29, 1.82) is 5.26 Å². The lowest BCUT2D eigenvalue weighted by Crippen LogP contribution is -2.20. The van der Waals surface area contributed by atoms with Crippen molar-refractivity contribution >= 4 is 56.5 Å². The number of aromatic amines is 1. The molecule has 0 fully saturated rings. The molecule has 0 atom stereocenters. The van der Waals surface area contributed by atoms with Crippen LogP contribution in [0.5, 0.6) is 5.75 Å². The maximum absolute atomic E-state index is 12.4. The van der Waals surface area contributed by atoms with Crippen molar-refractivity contribution in [3.8, 4) is 11.8 Å². The number of benzene rings is 2. The highest BCUT2D eigenvalue weighted by atomic mass is 35.5. The summed E-state index contributed by atoms with van der Waals surface area (Å²) < 4.78 is 5.64. The molecule has 2 aromatic carbocycles. The third-order valence-corrected chi connectivity index (χ3v) is 5.22. The number of hydrogen-bond acceptors (Lipinski definition) is 7. The number of amides is 1.